The minimum Gasteiger partial charge on any atom is -0.338 e. The predicted molar refractivity (Wildman–Crippen MR) is 84.5 cm³/mol. The van der Waals surface area contributed by atoms with E-state index in [9.17, 15) is 0 Å². The van der Waals surface area contributed by atoms with Gasteiger partial charge in [0.25, 0.3) is 0 Å². The van der Waals surface area contributed by atoms with Crippen molar-refractivity contribution in [2.75, 3.05) is 26.2 Å². The van der Waals surface area contributed by atoms with E-state index in [0.29, 0.717) is 16.7 Å². The van der Waals surface area contributed by atoms with Crippen LogP contribution in [0.25, 0.3) is 11.4 Å². The second-order valence-corrected chi connectivity index (χ2v) is 6.66. The molecule has 2 saturated heterocycles. The van der Waals surface area contributed by atoms with Crippen LogP contribution in [0.5, 0.6) is 0 Å². The summed E-state index contributed by atoms with van der Waals surface area (Å²) in [7, 11) is 0. The molecule has 6 heteroatoms. The monoisotopic (exact) mass is 318 g/mol. The summed E-state index contributed by atoms with van der Waals surface area (Å²) < 4.78 is 5.41. The molecular weight excluding hydrogens is 300 g/mol. The zero-order valence-electron chi connectivity index (χ0n) is 12.3. The predicted octanol–water partition coefficient (Wildman–Crippen LogP) is 2.43. The zero-order chi connectivity index (χ0) is 14.9. The Morgan fingerprint density at radius 3 is 2.91 bits per heavy atom. The molecule has 0 aliphatic carbocycles. The highest BCUT2D eigenvalue weighted by Crippen LogP contribution is 2.27. The first-order valence-corrected chi connectivity index (χ1v) is 8.17. The molecule has 3 heterocycles. The van der Waals surface area contributed by atoms with Gasteiger partial charge in [0.2, 0.25) is 11.7 Å². The van der Waals surface area contributed by atoms with Gasteiger partial charge in [0, 0.05) is 17.1 Å². The second-order valence-electron chi connectivity index (χ2n) is 6.22. The lowest BCUT2D eigenvalue weighted by atomic mass is 9.89. The Labute approximate surface area is 134 Å². The van der Waals surface area contributed by atoms with Gasteiger partial charge in [-0.3, -0.25) is 4.90 Å². The molecular formula is C16H19ClN4O. The van der Waals surface area contributed by atoms with Crippen molar-refractivity contribution in [1.82, 2.24) is 20.4 Å². The molecule has 0 bridgehead atoms. The van der Waals surface area contributed by atoms with Crippen LogP contribution in [0.4, 0.5) is 0 Å². The van der Waals surface area contributed by atoms with Crippen LogP contribution in [0.3, 0.4) is 0 Å². The average molecular weight is 319 g/mol. The van der Waals surface area contributed by atoms with Crippen LogP contribution in [0.15, 0.2) is 28.8 Å². The van der Waals surface area contributed by atoms with E-state index in [0.717, 1.165) is 43.6 Å². The van der Waals surface area contributed by atoms with Crippen molar-refractivity contribution in [3.05, 3.63) is 35.2 Å². The molecule has 2 aromatic rings. The molecule has 1 aromatic heterocycles. The van der Waals surface area contributed by atoms with E-state index in [-0.39, 0.29) is 0 Å². The van der Waals surface area contributed by atoms with Crippen molar-refractivity contribution >= 4 is 11.6 Å². The number of hydrogen-bond donors (Lipinski definition) is 1. The molecule has 1 N–H and O–H groups in total. The molecule has 0 radical (unpaired) electrons. The standard InChI is InChI=1S/C16H19ClN4O/c17-14-3-1-11(2-4-14)16-19-15(22-20-16)10-21-6-5-12-7-18-8-13(12)9-21/h1-4,12-13,18H,5-10H2. The SMILES string of the molecule is Clc1ccc(-c2noc(CN3CCC4CNCC4C3)n2)cc1. The second kappa shape index (κ2) is 5.99. The Morgan fingerprint density at radius 1 is 1.23 bits per heavy atom. The van der Waals surface area contributed by atoms with Gasteiger partial charge in [-0.2, -0.15) is 4.98 Å². The molecule has 2 fully saturated rings. The first-order valence-electron chi connectivity index (χ1n) is 7.79. The lowest BCUT2D eigenvalue weighted by molar-refractivity contribution is 0.128. The molecule has 2 aliphatic heterocycles. The van der Waals surface area contributed by atoms with Gasteiger partial charge in [-0.15, -0.1) is 0 Å². The van der Waals surface area contributed by atoms with E-state index in [1.54, 1.807) is 0 Å². The largest absolute Gasteiger partial charge is 0.338 e. The van der Waals surface area contributed by atoms with Crippen molar-refractivity contribution in [1.29, 1.82) is 0 Å². The maximum Gasteiger partial charge on any atom is 0.241 e. The highest BCUT2D eigenvalue weighted by atomic mass is 35.5. The molecule has 2 unspecified atom stereocenters. The van der Waals surface area contributed by atoms with Crippen molar-refractivity contribution in [2.45, 2.75) is 13.0 Å². The third-order valence-electron chi connectivity index (χ3n) is 4.72. The van der Waals surface area contributed by atoms with Crippen LogP contribution in [-0.2, 0) is 6.54 Å². The van der Waals surface area contributed by atoms with E-state index in [1.807, 2.05) is 24.3 Å². The quantitative estimate of drug-likeness (QED) is 0.942. The highest BCUT2D eigenvalue weighted by molar-refractivity contribution is 6.30. The summed E-state index contributed by atoms with van der Waals surface area (Å²) in [6.07, 6.45) is 1.26. The van der Waals surface area contributed by atoms with E-state index >= 15 is 0 Å². The fraction of sp³-hybridized carbons (Fsp3) is 0.500. The average Bonchev–Trinajstić information content (AvgIpc) is 3.17. The summed E-state index contributed by atoms with van der Waals surface area (Å²) in [5, 5.41) is 8.28. The summed E-state index contributed by atoms with van der Waals surface area (Å²) in [5.74, 6) is 2.94. The normalized spacial score (nSPS) is 25.3. The van der Waals surface area contributed by atoms with Crippen molar-refractivity contribution < 1.29 is 4.52 Å². The molecule has 1 aromatic carbocycles. The van der Waals surface area contributed by atoms with Crippen LogP contribution < -0.4 is 5.32 Å². The molecule has 2 aliphatic rings. The number of likely N-dealkylation sites (tertiary alicyclic amines) is 1. The Balaban J connectivity index is 1.42. The van der Waals surface area contributed by atoms with Gasteiger partial charge >= 0.3 is 0 Å². The summed E-state index contributed by atoms with van der Waals surface area (Å²) >= 11 is 5.90. The number of hydrogen-bond acceptors (Lipinski definition) is 5. The van der Waals surface area contributed by atoms with Gasteiger partial charge in [-0.25, -0.2) is 0 Å². The number of aromatic nitrogens is 2. The molecule has 0 saturated carbocycles. The van der Waals surface area contributed by atoms with Crippen LogP contribution in [0.1, 0.15) is 12.3 Å². The van der Waals surface area contributed by atoms with Gasteiger partial charge in [-0.1, -0.05) is 16.8 Å². The van der Waals surface area contributed by atoms with E-state index < -0.39 is 0 Å². The molecule has 4 rings (SSSR count). The van der Waals surface area contributed by atoms with Crippen molar-refractivity contribution in [3.63, 3.8) is 0 Å². The van der Waals surface area contributed by atoms with Crippen LogP contribution in [-0.4, -0.2) is 41.2 Å². The van der Waals surface area contributed by atoms with Gasteiger partial charge in [0.05, 0.1) is 6.54 Å². The lowest BCUT2D eigenvalue weighted by Crippen LogP contribution is -2.39. The minimum atomic E-state index is 0.629. The summed E-state index contributed by atoms with van der Waals surface area (Å²) in [6, 6.07) is 7.49. The summed E-state index contributed by atoms with van der Waals surface area (Å²) in [6.45, 7) is 5.29. The first-order chi connectivity index (χ1) is 10.8. The first kappa shape index (κ1) is 14.2. The molecule has 22 heavy (non-hydrogen) atoms. The van der Waals surface area contributed by atoms with Crippen molar-refractivity contribution in [2.24, 2.45) is 11.8 Å². The lowest BCUT2D eigenvalue weighted by Gasteiger charge is -2.33. The number of nitrogens with zero attached hydrogens (tertiary/aromatic N) is 3. The van der Waals surface area contributed by atoms with Crippen LogP contribution in [0, 0.1) is 11.8 Å². The molecule has 5 nitrogen and oxygen atoms in total. The molecule has 2 atom stereocenters. The van der Waals surface area contributed by atoms with Crippen LogP contribution in [0.2, 0.25) is 5.02 Å². The van der Waals surface area contributed by atoms with Gasteiger partial charge in [-0.05, 0) is 62.2 Å². The maximum atomic E-state index is 5.90. The van der Waals surface area contributed by atoms with Gasteiger partial charge in [0.15, 0.2) is 0 Å². The number of nitrogens with one attached hydrogen (secondary N) is 1. The van der Waals surface area contributed by atoms with E-state index in [1.165, 1.54) is 13.0 Å². The maximum absolute atomic E-state index is 5.90. The van der Waals surface area contributed by atoms with E-state index in [2.05, 4.69) is 20.4 Å². The van der Waals surface area contributed by atoms with Crippen molar-refractivity contribution in [3.8, 4) is 11.4 Å². The highest BCUT2D eigenvalue weighted by Gasteiger charge is 2.33. The fourth-order valence-electron chi connectivity index (χ4n) is 3.48. The molecule has 0 amide bonds. The summed E-state index contributed by atoms with van der Waals surface area (Å²) in [5.41, 5.74) is 0.929. The number of fused-ring (bicyclic) bond motifs is 1. The van der Waals surface area contributed by atoms with E-state index in [4.69, 9.17) is 16.1 Å². The third kappa shape index (κ3) is 2.89. The smallest absolute Gasteiger partial charge is 0.241 e. The summed E-state index contributed by atoms with van der Waals surface area (Å²) in [4.78, 5) is 6.94. The Bertz CT molecular complexity index is 642. The number of halogens is 1. The zero-order valence-corrected chi connectivity index (χ0v) is 13.1. The fourth-order valence-corrected chi connectivity index (χ4v) is 3.61. The van der Waals surface area contributed by atoms with Gasteiger partial charge < -0.3 is 9.84 Å². The van der Waals surface area contributed by atoms with Gasteiger partial charge in [0.1, 0.15) is 0 Å². The number of benzene rings is 1. The molecule has 0 spiro atoms. The number of rotatable bonds is 3. The minimum absolute atomic E-state index is 0.629. The number of piperidine rings is 1. The Kier molecular flexibility index (Phi) is 3.86. The molecule has 116 valence electrons. The van der Waals surface area contributed by atoms with Crippen LogP contribution >= 0.6 is 11.6 Å². The Morgan fingerprint density at radius 2 is 2.05 bits per heavy atom. The topological polar surface area (TPSA) is 54.2 Å². The third-order valence-corrected chi connectivity index (χ3v) is 4.97. The Hall–Kier alpha value is -1.43.